The topological polar surface area (TPSA) is 26.3 Å². The van der Waals surface area contributed by atoms with Crippen LogP contribution in [0.1, 0.15) is 19.8 Å². The summed E-state index contributed by atoms with van der Waals surface area (Å²) in [7, 11) is 1.45. The van der Waals surface area contributed by atoms with Crippen molar-refractivity contribution in [2.45, 2.75) is 19.8 Å². The number of carbonyl (C=O) groups excluding carboxylic acids is 1. The molecule has 1 aliphatic rings. The van der Waals surface area contributed by atoms with Gasteiger partial charge in [-0.3, -0.25) is 4.79 Å². The van der Waals surface area contributed by atoms with Crippen molar-refractivity contribution in [1.82, 2.24) is 0 Å². The molecule has 62 valence electrons. The minimum atomic E-state index is -0.0677. The van der Waals surface area contributed by atoms with Gasteiger partial charge in [-0.15, -0.1) is 0 Å². The molecule has 0 radical (unpaired) electrons. The normalized spacial score (nSPS) is 30.0. The molecule has 0 N–H and O–H groups in total. The Labute approximate surface area is 67.2 Å². The second-order valence-corrected chi connectivity index (χ2v) is 3.05. The molecule has 2 atom stereocenters. The molecule has 0 amide bonds. The zero-order chi connectivity index (χ0) is 8.27. The van der Waals surface area contributed by atoms with E-state index in [0.717, 1.165) is 12.8 Å². The molecule has 2 nitrogen and oxygen atoms in total. The van der Waals surface area contributed by atoms with E-state index in [4.69, 9.17) is 0 Å². The molecule has 1 rings (SSSR count). The third-order valence-corrected chi connectivity index (χ3v) is 2.26. The summed E-state index contributed by atoms with van der Waals surface area (Å²) in [5.74, 6) is 0.458. The van der Waals surface area contributed by atoms with Gasteiger partial charge in [-0.2, -0.15) is 0 Å². The van der Waals surface area contributed by atoms with Crippen molar-refractivity contribution in [2.75, 3.05) is 7.11 Å². The highest BCUT2D eigenvalue weighted by molar-refractivity contribution is 5.73. The van der Waals surface area contributed by atoms with E-state index in [1.807, 2.05) is 0 Å². The molecular weight excluding hydrogens is 140 g/mol. The van der Waals surface area contributed by atoms with Crippen LogP contribution in [-0.4, -0.2) is 13.1 Å². The maximum atomic E-state index is 11.1. The van der Waals surface area contributed by atoms with E-state index in [9.17, 15) is 4.79 Å². The van der Waals surface area contributed by atoms with Crippen LogP contribution in [0.3, 0.4) is 0 Å². The third kappa shape index (κ3) is 1.82. The molecule has 0 saturated heterocycles. The minimum Gasteiger partial charge on any atom is -0.469 e. The number of hydrogen-bond donors (Lipinski definition) is 0. The summed E-state index contributed by atoms with van der Waals surface area (Å²) in [4.78, 5) is 11.1. The van der Waals surface area contributed by atoms with Crippen molar-refractivity contribution in [3.63, 3.8) is 0 Å². The van der Waals surface area contributed by atoms with Gasteiger partial charge >= 0.3 is 5.97 Å². The highest BCUT2D eigenvalue weighted by Gasteiger charge is 2.25. The summed E-state index contributed by atoms with van der Waals surface area (Å²) in [6.07, 6.45) is 6.03. The third-order valence-electron chi connectivity index (χ3n) is 2.26. The van der Waals surface area contributed by atoms with Gasteiger partial charge in [0.15, 0.2) is 0 Å². The Morgan fingerprint density at radius 2 is 2.09 bits per heavy atom. The highest BCUT2D eigenvalue weighted by atomic mass is 16.5. The molecule has 0 aliphatic heterocycles. The van der Waals surface area contributed by atoms with Crippen LogP contribution in [-0.2, 0) is 9.53 Å². The van der Waals surface area contributed by atoms with Gasteiger partial charge in [-0.05, 0) is 18.8 Å². The molecule has 0 aromatic rings. The van der Waals surface area contributed by atoms with Crippen molar-refractivity contribution >= 4 is 5.97 Å². The summed E-state index contributed by atoms with van der Waals surface area (Å²) in [5.41, 5.74) is 0. The van der Waals surface area contributed by atoms with Crippen molar-refractivity contribution < 1.29 is 9.53 Å². The summed E-state index contributed by atoms with van der Waals surface area (Å²) in [6, 6.07) is 0. The molecule has 1 aliphatic carbocycles. The van der Waals surface area contributed by atoms with Crippen LogP contribution in [0.25, 0.3) is 0 Å². The lowest BCUT2D eigenvalue weighted by Crippen LogP contribution is -2.24. The van der Waals surface area contributed by atoms with Gasteiger partial charge < -0.3 is 4.74 Å². The molecular formula is C9H14O2. The van der Waals surface area contributed by atoms with Crippen molar-refractivity contribution in [1.29, 1.82) is 0 Å². The molecule has 0 aromatic carbocycles. The van der Waals surface area contributed by atoms with Gasteiger partial charge in [0.2, 0.25) is 0 Å². The van der Waals surface area contributed by atoms with Gasteiger partial charge in [0.1, 0.15) is 0 Å². The van der Waals surface area contributed by atoms with Crippen LogP contribution in [0, 0.1) is 11.8 Å². The Morgan fingerprint density at radius 1 is 1.45 bits per heavy atom. The monoisotopic (exact) mass is 154 g/mol. The van der Waals surface area contributed by atoms with Crippen molar-refractivity contribution in [2.24, 2.45) is 11.8 Å². The second kappa shape index (κ2) is 3.56. The van der Waals surface area contributed by atoms with E-state index in [-0.39, 0.29) is 11.9 Å². The number of hydrogen-bond acceptors (Lipinski definition) is 2. The Balaban J connectivity index is 2.56. The van der Waals surface area contributed by atoms with Crippen LogP contribution in [0.15, 0.2) is 12.2 Å². The van der Waals surface area contributed by atoms with Gasteiger partial charge in [0.05, 0.1) is 13.0 Å². The average Bonchev–Trinajstić information content (AvgIpc) is 2.04. The molecule has 2 heteroatoms. The molecule has 0 fully saturated rings. The zero-order valence-electron chi connectivity index (χ0n) is 7.04. The lowest BCUT2D eigenvalue weighted by Gasteiger charge is -2.22. The Kier molecular flexibility index (Phi) is 2.69. The number of ether oxygens (including phenoxy) is 1. The standard InChI is InChI=1S/C9H14O2/c1-7-5-3-4-6-8(7)9(10)11-2/h3-4,7-8H,5-6H2,1-2H3/t7?,8-/m1/s1. The summed E-state index contributed by atoms with van der Waals surface area (Å²) in [6.45, 7) is 2.09. The Morgan fingerprint density at radius 3 is 2.64 bits per heavy atom. The van der Waals surface area contributed by atoms with Crippen LogP contribution < -0.4 is 0 Å². The molecule has 0 spiro atoms. The fraction of sp³-hybridized carbons (Fsp3) is 0.667. The van der Waals surface area contributed by atoms with E-state index < -0.39 is 0 Å². The van der Waals surface area contributed by atoms with Crippen LogP contribution in [0.2, 0.25) is 0 Å². The number of carbonyl (C=O) groups is 1. The first-order chi connectivity index (χ1) is 5.25. The number of rotatable bonds is 1. The quantitative estimate of drug-likeness (QED) is 0.425. The predicted molar refractivity (Wildman–Crippen MR) is 43.0 cm³/mol. The van der Waals surface area contributed by atoms with Crippen LogP contribution in [0.5, 0.6) is 0 Å². The van der Waals surface area contributed by atoms with Crippen molar-refractivity contribution in [3.05, 3.63) is 12.2 Å². The lowest BCUT2D eigenvalue weighted by atomic mass is 9.84. The number of esters is 1. The van der Waals surface area contributed by atoms with E-state index in [0.29, 0.717) is 5.92 Å². The SMILES string of the molecule is COC(=O)[C@@H]1CC=CCC1C. The van der Waals surface area contributed by atoms with Gasteiger partial charge in [-0.1, -0.05) is 19.1 Å². The smallest absolute Gasteiger partial charge is 0.309 e. The van der Waals surface area contributed by atoms with Gasteiger partial charge in [0, 0.05) is 0 Å². The van der Waals surface area contributed by atoms with Crippen molar-refractivity contribution in [3.8, 4) is 0 Å². The first-order valence-corrected chi connectivity index (χ1v) is 3.98. The van der Waals surface area contributed by atoms with Gasteiger partial charge in [0.25, 0.3) is 0 Å². The second-order valence-electron chi connectivity index (χ2n) is 3.05. The fourth-order valence-corrected chi connectivity index (χ4v) is 1.43. The first kappa shape index (κ1) is 8.31. The predicted octanol–water partition coefficient (Wildman–Crippen LogP) is 1.76. The molecule has 0 saturated carbocycles. The van der Waals surface area contributed by atoms with E-state index in [1.165, 1.54) is 7.11 Å². The summed E-state index contributed by atoms with van der Waals surface area (Å²) < 4.78 is 4.69. The maximum absolute atomic E-state index is 11.1. The minimum absolute atomic E-state index is 0.0677. The van der Waals surface area contributed by atoms with E-state index in [2.05, 4.69) is 23.8 Å². The first-order valence-electron chi connectivity index (χ1n) is 3.98. The molecule has 11 heavy (non-hydrogen) atoms. The molecule has 0 heterocycles. The molecule has 1 unspecified atom stereocenters. The summed E-state index contributed by atoms with van der Waals surface area (Å²) >= 11 is 0. The maximum Gasteiger partial charge on any atom is 0.309 e. The Bertz CT molecular complexity index is 172. The fourth-order valence-electron chi connectivity index (χ4n) is 1.43. The summed E-state index contributed by atoms with van der Waals surface area (Å²) in [5, 5.41) is 0. The van der Waals surface area contributed by atoms with Gasteiger partial charge in [-0.25, -0.2) is 0 Å². The van der Waals surface area contributed by atoms with Crippen LogP contribution >= 0.6 is 0 Å². The highest BCUT2D eigenvalue weighted by Crippen LogP contribution is 2.25. The number of allylic oxidation sites excluding steroid dienone is 2. The largest absolute Gasteiger partial charge is 0.469 e. The van der Waals surface area contributed by atoms with Crippen LogP contribution in [0.4, 0.5) is 0 Å². The zero-order valence-corrected chi connectivity index (χ0v) is 7.04. The number of methoxy groups -OCH3 is 1. The Hall–Kier alpha value is -0.790. The molecule has 0 aromatic heterocycles. The lowest BCUT2D eigenvalue weighted by molar-refractivity contribution is -0.147. The average molecular weight is 154 g/mol. The van der Waals surface area contributed by atoms with E-state index in [1.54, 1.807) is 0 Å². The molecule has 0 bridgehead atoms. The van der Waals surface area contributed by atoms with E-state index >= 15 is 0 Å².